The van der Waals surface area contributed by atoms with Crippen molar-refractivity contribution in [3.63, 3.8) is 0 Å². The van der Waals surface area contributed by atoms with Crippen molar-refractivity contribution in [2.24, 2.45) is 0 Å². The van der Waals surface area contributed by atoms with E-state index in [-0.39, 0.29) is 0 Å². The van der Waals surface area contributed by atoms with Crippen molar-refractivity contribution in [1.29, 1.82) is 5.26 Å². The van der Waals surface area contributed by atoms with Crippen LogP contribution in [-0.2, 0) is 11.3 Å². The van der Waals surface area contributed by atoms with Crippen LogP contribution in [0.4, 0.5) is 0 Å². The van der Waals surface area contributed by atoms with Gasteiger partial charge < -0.3 is 14.8 Å². The van der Waals surface area contributed by atoms with Crippen molar-refractivity contribution >= 4 is 0 Å². The van der Waals surface area contributed by atoms with Gasteiger partial charge in [-0.15, -0.1) is 0 Å². The van der Waals surface area contributed by atoms with Crippen molar-refractivity contribution < 1.29 is 9.47 Å². The van der Waals surface area contributed by atoms with Gasteiger partial charge in [0.2, 0.25) is 0 Å². The summed E-state index contributed by atoms with van der Waals surface area (Å²) in [6.07, 6.45) is 1.30. The number of hydrogen-bond acceptors (Lipinski definition) is 4. The number of unbranched alkanes of at least 4 members (excludes halogenated alkanes) is 1. The van der Waals surface area contributed by atoms with E-state index < -0.39 is 0 Å². The number of ether oxygens (including phenoxy) is 2. The lowest BCUT2D eigenvalue weighted by Gasteiger charge is -2.14. The van der Waals surface area contributed by atoms with Gasteiger partial charge in [0.25, 0.3) is 0 Å². The highest BCUT2D eigenvalue weighted by atomic mass is 16.5. The predicted octanol–water partition coefficient (Wildman–Crippen LogP) is 2.41. The molecule has 0 unspecified atom stereocenters. The van der Waals surface area contributed by atoms with E-state index in [1.807, 2.05) is 19.1 Å². The van der Waals surface area contributed by atoms with Crippen molar-refractivity contribution in [2.45, 2.75) is 26.3 Å². The Morgan fingerprint density at radius 1 is 1.32 bits per heavy atom. The van der Waals surface area contributed by atoms with Crippen LogP contribution in [0.2, 0.25) is 0 Å². The van der Waals surface area contributed by atoms with Crippen molar-refractivity contribution in [3.8, 4) is 11.8 Å². The first-order valence-corrected chi connectivity index (χ1v) is 6.57. The molecule has 0 atom stereocenters. The molecule has 1 N–H and O–H groups in total. The van der Waals surface area contributed by atoms with E-state index >= 15 is 0 Å². The Kier molecular flexibility index (Phi) is 7.64. The molecule has 0 spiro atoms. The zero-order valence-electron chi connectivity index (χ0n) is 11.7. The van der Waals surface area contributed by atoms with Gasteiger partial charge in [-0.25, -0.2) is 0 Å². The molecule has 1 aromatic carbocycles. The van der Waals surface area contributed by atoms with Crippen LogP contribution in [0.15, 0.2) is 18.2 Å². The van der Waals surface area contributed by atoms with E-state index in [2.05, 4.69) is 17.5 Å². The number of nitrogens with one attached hydrogen (secondary N) is 1. The molecular formula is C15H22N2O2. The molecule has 1 aromatic rings. The topological polar surface area (TPSA) is 54.3 Å². The Bertz CT molecular complexity index is 413. The fourth-order valence-corrected chi connectivity index (χ4v) is 1.78. The van der Waals surface area contributed by atoms with Crippen LogP contribution < -0.4 is 10.1 Å². The summed E-state index contributed by atoms with van der Waals surface area (Å²) in [5, 5.41) is 11.8. The zero-order chi connectivity index (χ0) is 13.9. The minimum atomic E-state index is 0.535. The van der Waals surface area contributed by atoms with E-state index in [1.165, 1.54) is 0 Å². The number of nitriles is 1. The second-order valence-corrected chi connectivity index (χ2v) is 4.34. The van der Waals surface area contributed by atoms with Crippen LogP contribution in [0.25, 0.3) is 0 Å². The van der Waals surface area contributed by atoms with Crippen LogP contribution in [0, 0.1) is 18.3 Å². The summed E-state index contributed by atoms with van der Waals surface area (Å²) < 4.78 is 10.8. The Balaban J connectivity index is 2.54. The van der Waals surface area contributed by atoms with Crippen LogP contribution >= 0.6 is 0 Å². The van der Waals surface area contributed by atoms with Gasteiger partial charge in [0.15, 0.2) is 0 Å². The minimum Gasteiger partial charge on any atom is -0.493 e. The number of hydrogen-bond donors (Lipinski definition) is 1. The summed E-state index contributed by atoms with van der Waals surface area (Å²) in [7, 11) is 1.69. The molecule has 4 heteroatoms. The van der Waals surface area contributed by atoms with E-state index in [4.69, 9.17) is 14.7 Å². The molecule has 0 aliphatic rings. The Hall–Kier alpha value is -1.57. The SMILES string of the molecule is COCCNCc1cccc(C)c1OCCCC#N. The third-order valence-electron chi connectivity index (χ3n) is 2.77. The number of rotatable bonds is 9. The number of nitrogens with zero attached hydrogens (tertiary/aromatic N) is 1. The summed E-state index contributed by atoms with van der Waals surface area (Å²) in [6.45, 7) is 4.91. The molecule has 0 fully saturated rings. The first-order chi connectivity index (χ1) is 9.29. The normalized spacial score (nSPS) is 10.2. The van der Waals surface area contributed by atoms with Gasteiger partial charge in [0, 0.05) is 32.2 Å². The van der Waals surface area contributed by atoms with Gasteiger partial charge in [-0.3, -0.25) is 0 Å². The average Bonchev–Trinajstić information content (AvgIpc) is 2.42. The van der Waals surface area contributed by atoms with E-state index in [0.29, 0.717) is 19.6 Å². The fourth-order valence-electron chi connectivity index (χ4n) is 1.78. The number of aryl methyl sites for hydroxylation is 1. The first-order valence-electron chi connectivity index (χ1n) is 6.57. The molecule has 0 bridgehead atoms. The van der Waals surface area contributed by atoms with E-state index in [9.17, 15) is 0 Å². The maximum Gasteiger partial charge on any atom is 0.126 e. The zero-order valence-corrected chi connectivity index (χ0v) is 11.7. The standard InChI is InChI=1S/C15H22N2O2/c1-13-6-5-7-14(12-17-9-11-18-2)15(13)19-10-4-3-8-16/h5-7,17H,3-4,9-12H2,1-2H3. The minimum absolute atomic E-state index is 0.535. The van der Waals surface area contributed by atoms with Gasteiger partial charge >= 0.3 is 0 Å². The Labute approximate surface area is 115 Å². The number of para-hydroxylation sites is 1. The van der Waals surface area contributed by atoms with Gasteiger partial charge in [0.05, 0.1) is 19.3 Å². The molecule has 19 heavy (non-hydrogen) atoms. The van der Waals surface area contributed by atoms with E-state index in [0.717, 1.165) is 36.4 Å². The highest BCUT2D eigenvalue weighted by molar-refractivity contribution is 5.40. The van der Waals surface area contributed by atoms with Crippen LogP contribution in [-0.4, -0.2) is 26.9 Å². The molecule has 0 aromatic heterocycles. The summed E-state index contributed by atoms with van der Waals surface area (Å²) in [5.74, 6) is 0.936. The van der Waals surface area contributed by atoms with E-state index in [1.54, 1.807) is 7.11 Å². The van der Waals surface area contributed by atoms with Crippen molar-refractivity contribution in [3.05, 3.63) is 29.3 Å². The molecular weight excluding hydrogens is 240 g/mol. The molecule has 104 valence electrons. The highest BCUT2D eigenvalue weighted by Crippen LogP contribution is 2.23. The fraction of sp³-hybridized carbons (Fsp3) is 0.533. The molecule has 1 rings (SSSR count). The predicted molar refractivity (Wildman–Crippen MR) is 75.1 cm³/mol. The Morgan fingerprint density at radius 2 is 2.16 bits per heavy atom. The highest BCUT2D eigenvalue weighted by Gasteiger charge is 2.06. The second kappa shape index (κ2) is 9.37. The quantitative estimate of drug-likeness (QED) is 0.694. The third kappa shape index (κ3) is 5.73. The first kappa shape index (κ1) is 15.5. The monoisotopic (exact) mass is 262 g/mol. The summed E-state index contributed by atoms with van der Waals surface area (Å²) in [5.41, 5.74) is 2.27. The molecule has 0 radical (unpaired) electrons. The van der Waals surface area contributed by atoms with Gasteiger partial charge in [-0.2, -0.15) is 5.26 Å². The molecule has 0 amide bonds. The molecule has 0 saturated carbocycles. The molecule has 0 heterocycles. The van der Waals surface area contributed by atoms with Gasteiger partial charge in [-0.05, 0) is 18.9 Å². The lowest BCUT2D eigenvalue weighted by Crippen LogP contribution is -2.19. The van der Waals surface area contributed by atoms with Crippen LogP contribution in [0.5, 0.6) is 5.75 Å². The average molecular weight is 262 g/mol. The molecule has 0 aliphatic carbocycles. The summed E-state index contributed by atoms with van der Waals surface area (Å²) in [6, 6.07) is 8.26. The van der Waals surface area contributed by atoms with Crippen LogP contribution in [0.3, 0.4) is 0 Å². The summed E-state index contributed by atoms with van der Waals surface area (Å²) in [4.78, 5) is 0. The smallest absolute Gasteiger partial charge is 0.126 e. The maximum atomic E-state index is 8.51. The van der Waals surface area contributed by atoms with Gasteiger partial charge in [-0.1, -0.05) is 18.2 Å². The van der Waals surface area contributed by atoms with Crippen LogP contribution in [0.1, 0.15) is 24.0 Å². The molecule has 4 nitrogen and oxygen atoms in total. The van der Waals surface area contributed by atoms with Gasteiger partial charge in [0.1, 0.15) is 5.75 Å². The number of benzene rings is 1. The molecule has 0 aliphatic heterocycles. The summed E-state index contributed by atoms with van der Waals surface area (Å²) >= 11 is 0. The third-order valence-corrected chi connectivity index (χ3v) is 2.77. The Morgan fingerprint density at radius 3 is 2.89 bits per heavy atom. The van der Waals surface area contributed by atoms with Crippen molar-refractivity contribution in [1.82, 2.24) is 5.32 Å². The lowest BCUT2D eigenvalue weighted by molar-refractivity contribution is 0.199. The maximum absolute atomic E-state index is 8.51. The number of methoxy groups -OCH3 is 1. The largest absolute Gasteiger partial charge is 0.493 e. The van der Waals surface area contributed by atoms with Crippen molar-refractivity contribution in [2.75, 3.05) is 26.9 Å². The molecule has 0 saturated heterocycles. The lowest BCUT2D eigenvalue weighted by atomic mass is 10.1. The second-order valence-electron chi connectivity index (χ2n) is 4.34.